The monoisotopic (exact) mass is 285 g/mol. The Bertz CT molecular complexity index is 477. The quantitative estimate of drug-likeness (QED) is 0.556. The number of carbonyl (C=O) groups excluding carboxylic acids is 1. The summed E-state index contributed by atoms with van der Waals surface area (Å²) in [6.45, 7) is 0.475. The average Bonchev–Trinajstić information content (AvgIpc) is 2.94. The smallest absolute Gasteiger partial charge is 0.354 e. The molecule has 2 heterocycles. The minimum atomic E-state index is -1.15. The highest BCUT2D eigenvalue weighted by Gasteiger charge is 2.46. The van der Waals surface area contributed by atoms with Crippen molar-refractivity contribution in [3.8, 4) is 0 Å². The van der Waals surface area contributed by atoms with Gasteiger partial charge in [0.25, 0.3) is 0 Å². The molecule has 0 aromatic carbocycles. The zero-order valence-corrected chi connectivity index (χ0v) is 10.6. The molecule has 4 N–H and O–H groups in total. The molecule has 110 valence electrons. The molecule has 20 heavy (non-hydrogen) atoms. The normalized spacial score (nSPS) is 25.6. The van der Waals surface area contributed by atoms with Crippen molar-refractivity contribution in [2.75, 3.05) is 13.1 Å². The summed E-state index contributed by atoms with van der Waals surface area (Å²) >= 11 is 0. The number of hydrogen-bond acceptors (Lipinski definition) is 6. The number of hydrogen-bond donors (Lipinski definition) is 3. The van der Waals surface area contributed by atoms with Crippen molar-refractivity contribution in [2.45, 2.75) is 25.0 Å². The van der Waals surface area contributed by atoms with Gasteiger partial charge < -0.3 is 25.7 Å². The van der Waals surface area contributed by atoms with E-state index in [4.69, 9.17) is 20.8 Å². The van der Waals surface area contributed by atoms with Crippen molar-refractivity contribution in [1.82, 2.24) is 4.90 Å². The van der Waals surface area contributed by atoms with Crippen LogP contribution in [0.25, 0.3) is 0 Å². The summed E-state index contributed by atoms with van der Waals surface area (Å²) in [6.07, 6.45) is -0.383. The van der Waals surface area contributed by atoms with Crippen LogP contribution in [0.15, 0.2) is 5.16 Å². The third-order valence-electron chi connectivity index (χ3n) is 3.46. The van der Waals surface area contributed by atoms with E-state index in [1.807, 2.05) is 0 Å². The molecule has 2 aliphatic rings. The number of nitrogens with two attached hydrogens (primary N) is 1. The first-order valence-electron chi connectivity index (χ1n) is 6.13. The lowest BCUT2D eigenvalue weighted by Crippen LogP contribution is -2.35. The molecule has 3 atom stereocenters. The lowest BCUT2D eigenvalue weighted by Gasteiger charge is -2.17. The Kier molecular flexibility index (Phi) is 3.89. The van der Waals surface area contributed by atoms with Crippen LogP contribution in [0, 0.1) is 5.92 Å². The van der Waals surface area contributed by atoms with E-state index in [-0.39, 0.29) is 37.6 Å². The molecule has 0 aliphatic carbocycles. The highest BCUT2D eigenvalue weighted by Crippen LogP contribution is 2.27. The highest BCUT2D eigenvalue weighted by atomic mass is 16.6. The summed E-state index contributed by atoms with van der Waals surface area (Å²) in [5.74, 6) is -2.99. The van der Waals surface area contributed by atoms with E-state index in [2.05, 4.69) is 5.16 Å². The zero-order valence-electron chi connectivity index (χ0n) is 10.6. The van der Waals surface area contributed by atoms with Crippen molar-refractivity contribution in [3.63, 3.8) is 0 Å². The molecular formula is C11H15N3O6. The van der Waals surface area contributed by atoms with Crippen LogP contribution in [-0.4, -0.2) is 63.9 Å². The predicted molar refractivity (Wildman–Crippen MR) is 64.9 cm³/mol. The second kappa shape index (κ2) is 5.45. The number of amides is 1. The Morgan fingerprint density at radius 1 is 1.40 bits per heavy atom. The first kappa shape index (κ1) is 14.3. The van der Waals surface area contributed by atoms with Crippen LogP contribution in [0.5, 0.6) is 0 Å². The Morgan fingerprint density at radius 3 is 2.70 bits per heavy atom. The van der Waals surface area contributed by atoms with Gasteiger partial charge in [0.05, 0.1) is 12.5 Å². The Labute approximate surface area is 114 Å². The number of fused-ring (bicyclic) bond motifs is 1. The molecule has 0 radical (unpaired) electrons. The van der Waals surface area contributed by atoms with Gasteiger partial charge in [0.2, 0.25) is 5.91 Å². The van der Waals surface area contributed by atoms with Crippen molar-refractivity contribution < 1.29 is 29.4 Å². The lowest BCUT2D eigenvalue weighted by atomic mass is 10.0. The summed E-state index contributed by atoms with van der Waals surface area (Å²) < 4.78 is 0. The van der Waals surface area contributed by atoms with Gasteiger partial charge in [0.1, 0.15) is 6.04 Å². The maximum Gasteiger partial charge on any atom is 0.354 e. The molecule has 2 aliphatic heterocycles. The van der Waals surface area contributed by atoms with Gasteiger partial charge in [-0.1, -0.05) is 5.16 Å². The number of aliphatic carboxylic acids is 2. The Hall–Kier alpha value is -2.16. The number of oxime groups is 1. The number of carbonyl (C=O) groups is 3. The first-order chi connectivity index (χ1) is 9.40. The van der Waals surface area contributed by atoms with Gasteiger partial charge in [-0.15, -0.1) is 0 Å². The molecule has 1 saturated heterocycles. The molecule has 0 unspecified atom stereocenters. The number of rotatable bonds is 5. The molecule has 9 heteroatoms. The fourth-order valence-corrected chi connectivity index (χ4v) is 2.30. The van der Waals surface area contributed by atoms with Gasteiger partial charge in [-0.25, -0.2) is 4.79 Å². The number of carboxylic acids is 2. The van der Waals surface area contributed by atoms with Crippen LogP contribution in [0.1, 0.15) is 12.8 Å². The van der Waals surface area contributed by atoms with Crippen LogP contribution < -0.4 is 5.73 Å². The summed E-state index contributed by atoms with van der Waals surface area (Å²) in [5, 5.41) is 21.1. The van der Waals surface area contributed by atoms with Crippen LogP contribution in [-0.2, 0) is 19.2 Å². The maximum atomic E-state index is 11.9. The minimum Gasteiger partial charge on any atom is -0.480 e. The molecule has 1 fully saturated rings. The van der Waals surface area contributed by atoms with E-state index in [0.717, 1.165) is 0 Å². The van der Waals surface area contributed by atoms with E-state index >= 15 is 0 Å². The summed E-state index contributed by atoms with van der Waals surface area (Å²) in [7, 11) is 0. The van der Waals surface area contributed by atoms with Crippen molar-refractivity contribution >= 4 is 23.6 Å². The van der Waals surface area contributed by atoms with E-state index in [9.17, 15) is 14.4 Å². The fraction of sp³-hybridized carbons (Fsp3) is 0.636. The topological polar surface area (TPSA) is 143 Å². The van der Waals surface area contributed by atoms with Crippen LogP contribution in [0.3, 0.4) is 0 Å². The van der Waals surface area contributed by atoms with E-state index in [0.29, 0.717) is 0 Å². The van der Waals surface area contributed by atoms with Gasteiger partial charge in [0, 0.05) is 13.0 Å². The van der Waals surface area contributed by atoms with Crippen molar-refractivity contribution in [3.05, 3.63) is 0 Å². The van der Waals surface area contributed by atoms with Crippen LogP contribution >= 0.6 is 0 Å². The molecule has 0 spiro atoms. The predicted octanol–water partition coefficient (Wildman–Crippen LogP) is -1.52. The van der Waals surface area contributed by atoms with Crippen molar-refractivity contribution in [1.29, 1.82) is 0 Å². The fourth-order valence-electron chi connectivity index (χ4n) is 2.30. The minimum absolute atomic E-state index is 0.00640. The second-order valence-corrected chi connectivity index (χ2v) is 4.81. The third-order valence-corrected chi connectivity index (χ3v) is 3.46. The Morgan fingerprint density at radius 2 is 2.10 bits per heavy atom. The molecule has 9 nitrogen and oxygen atoms in total. The van der Waals surface area contributed by atoms with E-state index in [1.54, 1.807) is 0 Å². The largest absolute Gasteiger partial charge is 0.480 e. The van der Waals surface area contributed by atoms with Gasteiger partial charge in [-0.2, -0.15) is 0 Å². The van der Waals surface area contributed by atoms with E-state index < -0.39 is 30.0 Å². The van der Waals surface area contributed by atoms with Gasteiger partial charge >= 0.3 is 11.9 Å². The Balaban J connectivity index is 1.87. The molecule has 0 aromatic heterocycles. The molecule has 0 saturated carbocycles. The second-order valence-electron chi connectivity index (χ2n) is 4.81. The van der Waals surface area contributed by atoms with Gasteiger partial charge in [0.15, 0.2) is 11.8 Å². The highest BCUT2D eigenvalue weighted by molar-refractivity contribution is 6.37. The first-order valence-corrected chi connectivity index (χ1v) is 6.13. The summed E-state index contributed by atoms with van der Waals surface area (Å²) in [6, 6.07) is -1.08. The summed E-state index contributed by atoms with van der Waals surface area (Å²) in [4.78, 5) is 39.8. The van der Waals surface area contributed by atoms with E-state index in [1.165, 1.54) is 4.90 Å². The number of carboxylic acid groups (broad SMARTS) is 2. The third kappa shape index (κ3) is 2.72. The SMILES string of the molecule is N[C@@H](CCC(=O)N1C[C@@H]2C(C(=O)O)=NO[C@@H]2C1)C(=O)O. The van der Waals surface area contributed by atoms with Gasteiger partial charge in [-0.3, -0.25) is 9.59 Å². The summed E-state index contributed by atoms with van der Waals surface area (Å²) in [5.41, 5.74) is 5.25. The molecule has 2 rings (SSSR count). The van der Waals surface area contributed by atoms with Gasteiger partial charge in [-0.05, 0) is 6.42 Å². The number of nitrogens with zero attached hydrogens (tertiary/aromatic N) is 2. The standard InChI is InChI=1S/C11H15N3O6/c12-6(10(16)17)1-2-8(15)14-3-5-7(4-14)20-13-9(5)11(18)19/h5-7H,1-4,12H2,(H,16,17)(H,18,19)/t5-,6-,7+/m0/s1. The van der Waals surface area contributed by atoms with Crippen LogP contribution in [0.4, 0.5) is 0 Å². The average molecular weight is 285 g/mol. The van der Waals surface area contributed by atoms with Crippen LogP contribution in [0.2, 0.25) is 0 Å². The van der Waals surface area contributed by atoms with Crippen molar-refractivity contribution in [2.24, 2.45) is 16.8 Å². The molecular weight excluding hydrogens is 270 g/mol. The zero-order chi connectivity index (χ0) is 14.9. The maximum absolute atomic E-state index is 11.9. The number of likely N-dealkylation sites (tertiary alicyclic amines) is 1. The molecule has 1 amide bonds. The molecule has 0 aromatic rings. The lowest BCUT2D eigenvalue weighted by molar-refractivity contribution is -0.139. The molecule has 0 bridgehead atoms.